The highest BCUT2D eigenvalue weighted by Gasteiger charge is 2.08. The maximum absolute atomic E-state index is 11.3. The lowest BCUT2D eigenvalue weighted by Crippen LogP contribution is -2.24. The summed E-state index contributed by atoms with van der Waals surface area (Å²) in [6.45, 7) is 4.48. The van der Waals surface area contributed by atoms with Gasteiger partial charge in [0, 0.05) is 13.5 Å². The van der Waals surface area contributed by atoms with E-state index in [1.54, 1.807) is 6.92 Å². The molecule has 0 aliphatic heterocycles. The van der Waals surface area contributed by atoms with Crippen molar-refractivity contribution in [2.45, 2.75) is 26.7 Å². The summed E-state index contributed by atoms with van der Waals surface area (Å²) >= 11 is 0. The molecule has 1 aromatic rings. The van der Waals surface area contributed by atoms with E-state index in [0.717, 1.165) is 12.8 Å². The molecule has 1 aromatic heterocycles. The molecule has 0 bridgehead atoms. The standard InChI is InChI=1S/C9H14N2O2/c1-3-4-5-10-9(12)8-6-13-7(2)11-8/h6H,3-5H2,1-2H3,(H,10,12). The van der Waals surface area contributed by atoms with Gasteiger partial charge in [-0.3, -0.25) is 4.79 Å². The van der Waals surface area contributed by atoms with Crippen LogP contribution in [0.1, 0.15) is 36.1 Å². The van der Waals surface area contributed by atoms with Crippen molar-refractivity contribution in [3.8, 4) is 0 Å². The van der Waals surface area contributed by atoms with E-state index in [1.807, 2.05) is 0 Å². The fourth-order valence-electron chi connectivity index (χ4n) is 0.937. The second-order valence-corrected chi connectivity index (χ2v) is 2.86. The number of carbonyl (C=O) groups is 1. The van der Waals surface area contributed by atoms with Gasteiger partial charge in [0.1, 0.15) is 6.26 Å². The van der Waals surface area contributed by atoms with Crippen LogP contribution in [0.25, 0.3) is 0 Å². The summed E-state index contributed by atoms with van der Waals surface area (Å²) in [7, 11) is 0. The predicted molar refractivity (Wildman–Crippen MR) is 48.5 cm³/mol. The monoisotopic (exact) mass is 182 g/mol. The van der Waals surface area contributed by atoms with Crippen LogP contribution in [-0.4, -0.2) is 17.4 Å². The van der Waals surface area contributed by atoms with E-state index in [4.69, 9.17) is 4.42 Å². The Morgan fingerprint density at radius 2 is 2.46 bits per heavy atom. The lowest BCUT2D eigenvalue weighted by atomic mass is 10.3. The highest BCUT2D eigenvalue weighted by molar-refractivity contribution is 5.91. The zero-order chi connectivity index (χ0) is 9.68. The number of unbranched alkanes of at least 4 members (excludes halogenated alkanes) is 1. The van der Waals surface area contributed by atoms with Crippen LogP contribution in [-0.2, 0) is 0 Å². The Morgan fingerprint density at radius 1 is 1.69 bits per heavy atom. The molecule has 1 amide bonds. The zero-order valence-electron chi connectivity index (χ0n) is 7.96. The Hall–Kier alpha value is -1.32. The third-order valence-corrected chi connectivity index (χ3v) is 1.67. The van der Waals surface area contributed by atoms with Gasteiger partial charge in [-0.05, 0) is 6.42 Å². The number of aryl methyl sites for hydroxylation is 1. The Morgan fingerprint density at radius 3 is 3.00 bits per heavy atom. The molecule has 0 atom stereocenters. The van der Waals surface area contributed by atoms with Crippen LogP contribution in [0.15, 0.2) is 10.7 Å². The molecule has 0 radical (unpaired) electrons. The minimum absolute atomic E-state index is 0.162. The van der Waals surface area contributed by atoms with Crippen molar-refractivity contribution >= 4 is 5.91 Å². The Balaban J connectivity index is 2.40. The summed E-state index contributed by atoms with van der Waals surface area (Å²) in [5.74, 6) is 0.353. The average Bonchev–Trinajstić information content (AvgIpc) is 2.52. The molecule has 1 rings (SSSR count). The Labute approximate surface area is 77.3 Å². The van der Waals surface area contributed by atoms with E-state index in [1.165, 1.54) is 6.26 Å². The normalized spacial score (nSPS) is 10.0. The van der Waals surface area contributed by atoms with Crippen LogP contribution in [0.3, 0.4) is 0 Å². The van der Waals surface area contributed by atoms with Crippen molar-refractivity contribution in [3.63, 3.8) is 0 Å². The highest BCUT2D eigenvalue weighted by atomic mass is 16.3. The number of carbonyl (C=O) groups excluding carboxylic acids is 1. The molecule has 4 nitrogen and oxygen atoms in total. The van der Waals surface area contributed by atoms with Crippen molar-refractivity contribution in [2.24, 2.45) is 0 Å². The molecule has 0 unspecified atom stereocenters. The van der Waals surface area contributed by atoms with Gasteiger partial charge < -0.3 is 9.73 Å². The first-order valence-electron chi connectivity index (χ1n) is 4.44. The van der Waals surface area contributed by atoms with Crippen LogP contribution in [0, 0.1) is 6.92 Å². The summed E-state index contributed by atoms with van der Waals surface area (Å²) in [5.41, 5.74) is 0.355. The molecule has 13 heavy (non-hydrogen) atoms. The fraction of sp³-hybridized carbons (Fsp3) is 0.556. The minimum atomic E-state index is -0.162. The van der Waals surface area contributed by atoms with Crippen LogP contribution in [0.4, 0.5) is 0 Å². The molecule has 0 saturated carbocycles. The van der Waals surface area contributed by atoms with Crippen LogP contribution in [0.5, 0.6) is 0 Å². The summed E-state index contributed by atoms with van der Waals surface area (Å²) < 4.78 is 4.92. The summed E-state index contributed by atoms with van der Waals surface area (Å²) in [4.78, 5) is 15.2. The number of nitrogens with one attached hydrogen (secondary N) is 1. The van der Waals surface area contributed by atoms with E-state index >= 15 is 0 Å². The molecule has 0 aromatic carbocycles. The third kappa shape index (κ3) is 2.89. The lowest BCUT2D eigenvalue weighted by molar-refractivity contribution is 0.0948. The molecule has 0 aliphatic carbocycles. The van der Waals surface area contributed by atoms with Gasteiger partial charge in [0.25, 0.3) is 5.91 Å². The SMILES string of the molecule is CCCCNC(=O)c1coc(C)n1. The first-order chi connectivity index (χ1) is 6.24. The second kappa shape index (κ2) is 4.64. The molecular weight excluding hydrogens is 168 g/mol. The summed E-state index contributed by atoms with van der Waals surface area (Å²) in [6.07, 6.45) is 3.43. The first-order valence-corrected chi connectivity index (χ1v) is 4.44. The predicted octanol–water partition coefficient (Wildman–Crippen LogP) is 1.51. The van der Waals surface area contributed by atoms with Crippen molar-refractivity contribution in [3.05, 3.63) is 17.8 Å². The van der Waals surface area contributed by atoms with Gasteiger partial charge in [0.2, 0.25) is 0 Å². The van der Waals surface area contributed by atoms with Crippen LogP contribution < -0.4 is 5.32 Å². The van der Waals surface area contributed by atoms with Crippen molar-refractivity contribution in [2.75, 3.05) is 6.54 Å². The van der Waals surface area contributed by atoms with E-state index in [9.17, 15) is 4.79 Å². The van der Waals surface area contributed by atoms with E-state index in [2.05, 4.69) is 17.2 Å². The fourth-order valence-corrected chi connectivity index (χ4v) is 0.937. The largest absolute Gasteiger partial charge is 0.448 e. The number of rotatable bonds is 4. The molecule has 1 N–H and O–H groups in total. The van der Waals surface area contributed by atoms with Crippen molar-refractivity contribution in [1.29, 1.82) is 0 Å². The Bertz CT molecular complexity index is 281. The maximum Gasteiger partial charge on any atom is 0.273 e. The summed E-state index contributed by atoms with van der Waals surface area (Å²) in [6, 6.07) is 0. The third-order valence-electron chi connectivity index (χ3n) is 1.67. The molecule has 0 spiro atoms. The second-order valence-electron chi connectivity index (χ2n) is 2.86. The molecule has 1 heterocycles. The Kier molecular flexibility index (Phi) is 3.49. The van der Waals surface area contributed by atoms with Gasteiger partial charge in [-0.1, -0.05) is 13.3 Å². The van der Waals surface area contributed by atoms with Crippen molar-refractivity contribution < 1.29 is 9.21 Å². The number of nitrogens with zero attached hydrogens (tertiary/aromatic N) is 1. The van der Waals surface area contributed by atoms with E-state index in [-0.39, 0.29) is 5.91 Å². The number of hydrogen-bond donors (Lipinski definition) is 1. The van der Waals surface area contributed by atoms with Gasteiger partial charge in [0.15, 0.2) is 11.6 Å². The number of oxazole rings is 1. The van der Waals surface area contributed by atoms with E-state index < -0.39 is 0 Å². The quantitative estimate of drug-likeness (QED) is 0.718. The van der Waals surface area contributed by atoms with Gasteiger partial charge in [-0.15, -0.1) is 0 Å². The van der Waals surface area contributed by atoms with E-state index in [0.29, 0.717) is 18.1 Å². The molecule has 72 valence electrons. The molecule has 0 saturated heterocycles. The van der Waals surface area contributed by atoms with Crippen LogP contribution >= 0.6 is 0 Å². The van der Waals surface area contributed by atoms with Crippen LogP contribution in [0.2, 0.25) is 0 Å². The average molecular weight is 182 g/mol. The van der Waals surface area contributed by atoms with Gasteiger partial charge in [-0.2, -0.15) is 0 Å². The number of amides is 1. The highest BCUT2D eigenvalue weighted by Crippen LogP contribution is 1.99. The zero-order valence-corrected chi connectivity index (χ0v) is 7.96. The molecule has 0 fully saturated rings. The smallest absolute Gasteiger partial charge is 0.273 e. The summed E-state index contributed by atoms with van der Waals surface area (Å²) in [5, 5.41) is 2.75. The minimum Gasteiger partial charge on any atom is -0.448 e. The maximum atomic E-state index is 11.3. The number of aromatic nitrogens is 1. The molecule has 4 heteroatoms. The number of hydrogen-bond acceptors (Lipinski definition) is 3. The van der Waals surface area contributed by atoms with Crippen molar-refractivity contribution in [1.82, 2.24) is 10.3 Å². The molecular formula is C9H14N2O2. The molecule has 0 aliphatic rings. The topological polar surface area (TPSA) is 55.1 Å². The first kappa shape index (κ1) is 9.77. The van der Waals surface area contributed by atoms with Gasteiger partial charge in [0.05, 0.1) is 0 Å². The van der Waals surface area contributed by atoms with Gasteiger partial charge in [-0.25, -0.2) is 4.98 Å². The lowest BCUT2D eigenvalue weighted by Gasteiger charge is -1.99. The van der Waals surface area contributed by atoms with Gasteiger partial charge >= 0.3 is 0 Å².